The number of carboxylic acid groups (broad SMARTS) is 1. The number of ether oxygens (including phenoxy) is 3. The summed E-state index contributed by atoms with van der Waals surface area (Å²) in [4.78, 5) is 71.3. The van der Waals surface area contributed by atoms with E-state index in [-0.39, 0.29) is 48.9 Å². The largest absolute Gasteiger partial charge is 0.488 e. The van der Waals surface area contributed by atoms with Crippen LogP contribution in [0, 0.1) is 17.8 Å². The third-order valence-electron chi connectivity index (χ3n) is 12.6. The monoisotopic (exact) mass is 870 g/mol. The Balaban J connectivity index is 1.06. The summed E-state index contributed by atoms with van der Waals surface area (Å²) in [5.74, 6) is 0.238. The number of H-pyrrole nitrogens is 2. The van der Waals surface area contributed by atoms with Crippen molar-refractivity contribution in [3.8, 4) is 28.1 Å². The minimum atomic E-state index is -2.95. The first-order valence-electron chi connectivity index (χ1n) is 21.3. The molecule has 3 aliphatic rings. The van der Waals surface area contributed by atoms with Crippen molar-refractivity contribution >= 4 is 45.8 Å². The Bertz CT molecular complexity index is 2560. The number of methoxy groups -OCH3 is 1. The van der Waals surface area contributed by atoms with Crippen LogP contribution in [0.15, 0.2) is 48.7 Å². The average Bonchev–Trinajstić information content (AvgIpc) is 4.08. The van der Waals surface area contributed by atoms with Gasteiger partial charge in [0.05, 0.1) is 48.7 Å². The number of amides is 4. The number of nitrogens with zero attached hydrogens (tertiary/aromatic N) is 4. The number of aromatic amines is 2. The predicted octanol–water partition coefficient (Wildman–Crippen LogP) is 7.52. The molecule has 18 heteroatoms. The van der Waals surface area contributed by atoms with Gasteiger partial charge in [-0.15, -0.1) is 0 Å². The van der Waals surface area contributed by atoms with Gasteiger partial charge in [-0.25, -0.2) is 19.6 Å². The smallest absolute Gasteiger partial charge is 0.407 e. The second-order valence-corrected chi connectivity index (χ2v) is 17.4. The van der Waals surface area contributed by atoms with E-state index >= 15 is 0 Å². The van der Waals surface area contributed by atoms with Crippen molar-refractivity contribution in [3.05, 3.63) is 65.9 Å². The highest BCUT2D eigenvalue weighted by Gasteiger charge is 2.43. The van der Waals surface area contributed by atoms with Gasteiger partial charge in [-0.3, -0.25) is 9.59 Å². The summed E-state index contributed by atoms with van der Waals surface area (Å²) in [6.07, 6.45) is 1.54. The summed E-state index contributed by atoms with van der Waals surface area (Å²) < 4.78 is 42.0. The van der Waals surface area contributed by atoms with Gasteiger partial charge in [0.15, 0.2) is 0 Å². The molecule has 2 unspecified atom stereocenters. The predicted molar refractivity (Wildman–Crippen MR) is 228 cm³/mol. The average molecular weight is 871 g/mol. The molecule has 6 atom stereocenters. The van der Waals surface area contributed by atoms with Crippen molar-refractivity contribution < 1.29 is 47.3 Å². The number of imidazole rings is 2. The number of fused-ring (bicyclic) bond motifs is 6. The number of benzene rings is 3. The lowest BCUT2D eigenvalue weighted by Gasteiger charge is -2.32. The molecule has 334 valence electrons. The van der Waals surface area contributed by atoms with Crippen LogP contribution in [-0.2, 0) is 25.7 Å². The number of hydrogen-bond donors (Lipinski definition) is 5. The van der Waals surface area contributed by atoms with Crippen LogP contribution in [0.2, 0.25) is 0 Å². The molecule has 2 aromatic heterocycles. The van der Waals surface area contributed by atoms with Crippen LogP contribution < -0.4 is 15.4 Å². The van der Waals surface area contributed by atoms with Crippen LogP contribution in [0.1, 0.15) is 83.2 Å². The zero-order chi connectivity index (χ0) is 44.9. The fraction of sp³-hybridized carbons (Fsp3) is 0.467. The molecule has 0 bridgehead atoms. The first-order chi connectivity index (χ1) is 30.1. The highest BCUT2D eigenvalue weighted by molar-refractivity contribution is 6.07. The van der Waals surface area contributed by atoms with Gasteiger partial charge in [0.25, 0.3) is 0 Å². The van der Waals surface area contributed by atoms with Crippen LogP contribution in [-0.4, -0.2) is 104 Å². The Hall–Kier alpha value is -6.30. The maximum Gasteiger partial charge on any atom is 0.407 e. The molecule has 63 heavy (non-hydrogen) atoms. The Morgan fingerprint density at radius 1 is 0.937 bits per heavy atom. The van der Waals surface area contributed by atoms with E-state index in [9.17, 15) is 33.1 Å². The van der Waals surface area contributed by atoms with Crippen molar-refractivity contribution in [3.63, 3.8) is 0 Å². The number of alkyl carbamates (subject to hydrolysis) is 1. The molecule has 0 spiro atoms. The second-order valence-electron chi connectivity index (χ2n) is 17.4. The van der Waals surface area contributed by atoms with Crippen LogP contribution in [0.5, 0.6) is 5.75 Å². The summed E-state index contributed by atoms with van der Waals surface area (Å²) >= 11 is 0. The fourth-order valence-electron chi connectivity index (χ4n) is 9.35. The molecule has 8 rings (SSSR count). The Kier molecular flexibility index (Phi) is 12.0. The van der Waals surface area contributed by atoms with Gasteiger partial charge in [0.2, 0.25) is 11.8 Å². The van der Waals surface area contributed by atoms with E-state index < -0.39 is 42.8 Å². The lowest BCUT2D eigenvalue weighted by Crippen LogP contribution is -2.52. The van der Waals surface area contributed by atoms with Crippen molar-refractivity contribution in [2.45, 2.75) is 97.3 Å². The quantitative estimate of drug-likeness (QED) is 0.0834. The summed E-state index contributed by atoms with van der Waals surface area (Å²) in [7, 11) is 1.22. The van der Waals surface area contributed by atoms with Gasteiger partial charge in [0.1, 0.15) is 36.1 Å². The molecule has 5 aromatic rings. The lowest BCUT2D eigenvalue weighted by atomic mass is 9.92. The third-order valence-corrected chi connectivity index (χ3v) is 12.6. The van der Waals surface area contributed by atoms with Crippen LogP contribution >= 0.6 is 0 Å². The number of nitrogens with one attached hydrogen (secondary N) is 4. The maximum atomic E-state index is 14.0. The molecule has 4 amide bonds. The van der Waals surface area contributed by atoms with E-state index in [1.807, 2.05) is 45.0 Å². The SMILES string of the molecule is COC(=O)NC(C(=O)N1C[C@@H](COC(F)F)C[C@H]1c1nc2c(ccc3cc4c(cc32)OCc2cc(-c3cnc([C@@H]5CC[C@H](C)N5C(=O)C(NC(=O)O)C(C)C)[nH]3)ccc2-4)[nH]1)C(C)C. The topological polar surface area (TPSA) is 204 Å². The van der Waals surface area contributed by atoms with Crippen molar-refractivity contribution in [2.75, 3.05) is 20.3 Å². The Morgan fingerprint density at radius 2 is 1.70 bits per heavy atom. The number of aromatic nitrogens is 4. The molecule has 3 aromatic carbocycles. The summed E-state index contributed by atoms with van der Waals surface area (Å²) in [5, 5.41) is 16.2. The summed E-state index contributed by atoms with van der Waals surface area (Å²) in [6, 6.07) is 11.3. The second kappa shape index (κ2) is 17.5. The number of carbonyl (C=O) groups is 4. The number of carbonyl (C=O) groups excluding carboxylic acids is 3. The minimum absolute atomic E-state index is 0.0829. The Labute approximate surface area is 362 Å². The van der Waals surface area contributed by atoms with Crippen LogP contribution in [0.4, 0.5) is 18.4 Å². The molecule has 2 saturated heterocycles. The van der Waals surface area contributed by atoms with Crippen molar-refractivity contribution in [2.24, 2.45) is 17.8 Å². The van der Waals surface area contributed by atoms with Gasteiger partial charge in [0, 0.05) is 29.5 Å². The highest BCUT2D eigenvalue weighted by Crippen LogP contribution is 2.44. The molecular weight excluding hydrogens is 819 g/mol. The van der Waals surface area contributed by atoms with E-state index in [4.69, 9.17) is 19.4 Å². The number of halogens is 2. The zero-order valence-corrected chi connectivity index (χ0v) is 35.9. The number of hydrogen-bond acceptors (Lipinski definition) is 9. The number of rotatable bonds is 12. The molecule has 5 heterocycles. The summed E-state index contributed by atoms with van der Waals surface area (Å²) in [5.41, 5.74) is 5.95. The van der Waals surface area contributed by atoms with Gasteiger partial charge < -0.3 is 49.7 Å². The number of alkyl halides is 2. The van der Waals surface area contributed by atoms with Crippen LogP contribution in [0.25, 0.3) is 44.2 Å². The van der Waals surface area contributed by atoms with E-state index in [2.05, 4.69) is 43.5 Å². The van der Waals surface area contributed by atoms with Gasteiger partial charge in [-0.2, -0.15) is 8.78 Å². The highest BCUT2D eigenvalue weighted by atomic mass is 19.3. The van der Waals surface area contributed by atoms with Crippen LogP contribution in [0.3, 0.4) is 0 Å². The van der Waals surface area contributed by atoms with Gasteiger partial charge >= 0.3 is 18.8 Å². The first-order valence-corrected chi connectivity index (χ1v) is 21.3. The van der Waals surface area contributed by atoms with E-state index in [1.165, 1.54) is 7.11 Å². The third kappa shape index (κ3) is 8.47. The first kappa shape index (κ1) is 43.4. The van der Waals surface area contributed by atoms with E-state index in [0.29, 0.717) is 42.4 Å². The van der Waals surface area contributed by atoms with E-state index in [1.54, 1.807) is 29.8 Å². The van der Waals surface area contributed by atoms with E-state index in [0.717, 1.165) is 50.7 Å². The fourth-order valence-corrected chi connectivity index (χ4v) is 9.35. The molecule has 3 aliphatic heterocycles. The normalized spacial score (nSPS) is 20.6. The molecule has 0 radical (unpaired) electrons. The number of likely N-dealkylation sites (tertiary alicyclic amines) is 2. The molecule has 0 aliphatic carbocycles. The van der Waals surface area contributed by atoms with Gasteiger partial charge in [-0.1, -0.05) is 45.9 Å². The maximum absolute atomic E-state index is 14.0. The molecule has 5 N–H and O–H groups in total. The van der Waals surface area contributed by atoms with Crippen molar-refractivity contribution in [1.29, 1.82) is 0 Å². The van der Waals surface area contributed by atoms with Gasteiger partial charge in [-0.05, 0) is 84.4 Å². The Morgan fingerprint density at radius 3 is 2.41 bits per heavy atom. The molecule has 0 saturated carbocycles. The zero-order valence-electron chi connectivity index (χ0n) is 35.9. The minimum Gasteiger partial charge on any atom is -0.488 e. The summed E-state index contributed by atoms with van der Waals surface area (Å²) in [6.45, 7) is 6.45. The molecule has 2 fully saturated rings. The lowest BCUT2D eigenvalue weighted by molar-refractivity contribution is -0.139. The molecule has 16 nitrogen and oxygen atoms in total. The van der Waals surface area contributed by atoms with Crippen molar-refractivity contribution in [1.82, 2.24) is 40.4 Å². The standard InChI is InChI=1S/C45H52F2N8O8/c1-21(2)36(53-45(60)61-6)41(56)54-18-24(19-63-43(46)47)13-34(54)40-49-31-11-9-25-15-30-28-10-8-26(14-27(28)20-62-35(30)16-29(25)38(31)51-40)32-17-48-39(50-32)33-12-7-23(5)55(33)42(57)37(22(3)4)52-44(58)59/h8-11,14-17,21-24,33-34,36-37,43,52H,7,12-13,18-20H2,1-6H3,(H,48,50)(H,49,51)(H,53,60)(H,58,59)/t23-,24-,33-,34-,36?,37?/m0/s1. The molecular formula is C45H52F2N8O8.